The lowest BCUT2D eigenvalue weighted by atomic mass is 10.2. The van der Waals surface area contributed by atoms with Gasteiger partial charge in [-0.2, -0.15) is 0 Å². The van der Waals surface area contributed by atoms with Crippen molar-refractivity contribution in [2.45, 2.75) is 20.0 Å². The van der Waals surface area contributed by atoms with Crippen LogP contribution in [-0.2, 0) is 17.8 Å². The van der Waals surface area contributed by atoms with Crippen LogP contribution in [0.15, 0.2) is 10.7 Å². The van der Waals surface area contributed by atoms with Gasteiger partial charge in [0, 0.05) is 12.1 Å². The number of nitrogens with one attached hydrogen (secondary N) is 1. The van der Waals surface area contributed by atoms with Crippen molar-refractivity contribution < 1.29 is 13.9 Å². The summed E-state index contributed by atoms with van der Waals surface area (Å²) >= 11 is 0. The Labute approximate surface area is 88.0 Å². The van der Waals surface area contributed by atoms with E-state index in [1.54, 1.807) is 6.92 Å². The first kappa shape index (κ1) is 11.1. The molecule has 0 radical (unpaired) electrons. The quantitative estimate of drug-likeness (QED) is 0.763. The first-order valence-corrected chi connectivity index (χ1v) is 4.30. The van der Waals surface area contributed by atoms with Crippen LogP contribution in [0.25, 0.3) is 0 Å². The van der Waals surface area contributed by atoms with Crippen molar-refractivity contribution in [1.82, 2.24) is 5.32 Å². The molecule has 78 valence electrons. The standard InChI is InChI=1S/C9H11NO3.ClH/c1-2-12-9(11)7-5-13-8-4-10-3-6(7)8;/h5,10H,2-4H2,1H3;1H. The normalized spacial score (nSPS) is 13.2. The maximum Gasteiger partial charge on any atom is 0.341 e. The fourth-order valence-corrected chi connectivity index (χ4v) is 1.45. The second kappa shape index (κ2) is 4.48. The maximum atomic E-state index is 11.4. The lowest BCUT2D eigenvalue weighted by Crippen LogP contribution is -2.07. The van der Waals surface area contributed by atoms with E-state index in [-0.39, 0.29) is 18.4 Å². The second-order valence-electron chi connectivity index (χ2n) is 2.88. The fraction of sp³-hybridized carbons (Fsp3) is 0.444. The molecule has 5 heteroatoms. The lowest BCUT2D eigenvalue weighted by molar-refractivity contribution is 0.0524. The number of esters is 1. The Hall–Kier alpha value is -1.00. The first-order valence-electron chi connectivity index (χ1n) is 4.30. The number of fused-ring (bicyclic) bond motifs is 1. The molecule has 1 aliphatic rings. The molecule has 1 aromatic heterocycles. The zero-order valence-electron chi connectivity index (χ0n) is 7.83. The van der Waals surface area contributed by atoms with Crippen molar-refractivity contribution in [1.29, 1.82) is 0 Å². The minimum atomic E-state index is -0.295. The topological polar surface area (TPSA) is 51.5 Å². The third-order valence-electron chi connectivity index (χ3n) is 2.06. The molecule has 0 saturated heterocycles. The molecule has 0 bridgehead atoms. The van der Waals surface area contributed by atoms with Gasteiger partial charge in [0.25, 0.3) is 0 Å². The molecule has 1 aliphatic heterocycles. The lowest BCUT2D eigenvalue weighted by Gasteiger charge is -1.99. The van der Waals surface area contributed by atoms with Crippen molar-refractivity contribution in [3.63, 3.8) is 0 Å². The fourth-order valence-electron chi connectivity index (χ4n) is 1.45. The first-order chi connectivity index (χ1) is 6.33. The second-order valence-corrected chi connectivity index (χ2v) is 2.88. The number of halogens is 1. The number of hydrogen-bond donors (Lipinski definition) is 1. The van der Waals surface area contributed by atoms with Crippen LogP contribution in [0.2, 0.25) is 0 Å². The van der Waals surface area contributed by atoms with Gasteiger partial charge in [-0.15, -0.1) is 12.4 Å². The summed E-state index contributed by atoms with van der Waals surface area (Å²) in [5.74, 6) is 0.555. The number of carbonyl (C=O) groups excluding carboxylic acids is 1. The highest BCUT2D eigenvalue weighted by Crippen LogP contribution is 2.22. The monoisotopic (exact) mass is 217 g/mol. The Morgan fingerprint density at radius 2 is 2.43 bits per heavy atom. The van der Waals surface area contributed by atoms with Crippen molar-refractivity contribution in [2.75, 3.05) is 6.61 Å². The van der Waals surface area contributed by atoms with E-state index < -0.39 is 0 Å². The number of rotatable bonds is 2. The molecule has 0 aromatic carbocycles. The summed E-state index contributed by atoms with van der Waals surface area (Å²) in [4.78, 5) is 11.4. The SMILES string of the molecule is CCOC(=O)c1coc2c1CNC2.Cl. The predicted molar refractivity (Wildman–Crippen MR) is 52.5 cm³/mol. The minimum Gasteiger partial charge on any atom is -0.467 e. The Kier molecular flexibility index (Phi) is 3.55. The van der Waals surface area contributed by atoms with Crippen LogP contribution in [0.1, 0.15) is 28.6 Å². The van der Waals surface area contributed by atoms with Gasteiger partial charge < -0.3 is 14.5 Å². The van der Waals surface area contributed by atoms with Gasteiger partial charge in [0.05, 0.1) is 13.2 Å². The summed E-state index contributed by atoms with van der Waals surface area (Å²) in [5.41, 5.74) is 1.50. The molecule has 0 saturated carbocycles. The molecular weight excluding hydrogens is 206 g/mol. The van der Waals surface area contributed by atoms with E-state index in [0.717, 1.165) is 11.3 Å². The Morgan fingerprint density at radius 1 is 1.64 bits per heavy atom. The van der Waals surface area contributed by atoms with Crippen LogP contribution in [0.5, 0.6) is 0 Å². The van der Waals surface area contributed by atoms with E-state index in [1.165, 1.54) is 6.26 Å². The van der Waals surface area contributed by atoms with E-state index in [2.05, 4.69) is 5.32 Å². The molecule has 2 heterocycles. The average molecular weight is 218 g/mol. The van der Waals surface area contributed by atoms with Crippen molar-refractivity contribution in [3.8, 4) is 0 Å². The third-order valence-corrected chi connectivity index (χ3v) is 2.06. The van der Waals surface area contributed by atoms with Gasteiger partial charge in [0.15, 0.2) is 0 Å². The molecule has 0 spiro atoms. The van der Waals surface area contributed by atoms with E-state index in [1.807, 2.05) is 0 Å². The number of furan rings is 1. The van der Waals surface area contributed by atoms with E-state index in [9.17, 15) is 4.79 Å². The van der Waals surface area contributed by atoms with Crippen molar-refractivity contribution in [3.05, 3.63) is 23.2 Å². The van der Waals surface area contributed by atoms with Crippen LogP contribution in [-0.4, -0.2) is 12.6 Å². The molecule has 0 amide bonds. The Balaban J connectivity index is 0.000000980. The minimum absolute atomic E-state index is 0. The van der Waals surface area contributed by atoms with Crippen LogP contribution in [0.3, 0.4) is 0 Å². The van der Waals surface area contributed by atoms with Gasteiger partial charge in [0.1, 0.15) is 17.6 Å². The molecule has 1 N–H and O–H groups in total. The molecule has 0 fully saturated rings. The Morgan fingerprint density at radius 3 is 3.14 bits per heavy atom. The highest BCUT2D eigenvalue weighted by molar-refractivity contribution is 5.91. The smallest absolute Gasteiger partial charge is 0.341 e. The molecule has 4 nitrogen and oxygen atoms in total. The summed E-state index contributed by atoms with van der Waals surface area (Å²) in [7, 11) is 0. The van der Waals surface area contributed by atoms with Gasteiger partial charge in [-0.05, 0) is 6.92 Å². The maximum absolute atomic E-state index is 11.4. The highest BCUT2D eigenvalue weighted by atomic mass is 35.5. The van der Waals surface area contributed by atoms with Crippen LogP contribution in [0.4, 0.5) is 0 Å². The van der Waals surface area contributed by atoms with E-state index in [0.29, 0.717) is 25.3 Å². The van der Waals surface area contributed by atoms with E-state index in [4.69, 9.17) is 9.15 Å². The van der Waals surface area contributed by atoms with Crippen LogP contribution in [0, 0.1) is 0 Å². The summed E-state index contributed by atoms with van der Waals surface area (Å²) < 4.78 is 10.1. The molecule has 2 rings (SSSR count). The van der Waals surface area contributed by atoms with Crippen molar-refractivity contribution in [2.24, 2.45) is 0 Å². The van der Waals surface area contributed by atoms with Crippen LogP contribution >= 0.6 is 12.4 Å². The number of hydrogen-bond acceptors (Lipinski definition) is 4. The van der Waals surface area contributed by atoms with Gasteiger partial charge in [0.2, 0.25) is 0 Å². The van der Waals surface area contributed by atoms with Gasteiger partial charge in [-0.25, -0.2) is 4.79 Å². The molecule has 0 atom stereocenters. The summed E-state index contributed by atoms with van der Waals surface area (Å²) in [5, 5.41) is 3.10. The number of carbonyl (C=O) groups is 1. The molecule has 0 aliphatic carbocycles. The summed E-state index contributed by atoms with van der Waals surface area (Å²) in [6.07, 6.45) is 1.48. The van der Waals surface area contributed by atoms with Gasteiger partial charge >= 0.3 is 5.97 Å². The predicted octanol–water partition coefficient (Wildman–Crippen LogP) is 1.48. The zero-order valence-corrected chi connectivity index (χ0v) is 8.65. The van der Waals surface area contributed by atoms with E-state index >= 15 is 0 Å². The van der Waals surface area contributed by atoms with Crippen molar-refractivity contribution >= 4 is 18.4 Å². The zero-order chi connectivity index (χ0) is 9.26. The summed E-state index contributed by atoms with van der Waals surface area (Å²) in [6, 6.07) is 0. The molecule has 0 unspecified atom stereocenters. The number of ether oxygens (including phenoxy) is 1. The van der Waals surface area contributed by atoms with Gasteiger partial charge in [-0.1, -0.05) is 0 Å². The average Bonchev–Trinajstić information content (AvgIpc) is 2.62. The van der Waals surface area contributed by atoms with Gasteiger partial charge in [-0.3, -0.25) is 0 Å². The molecular formula is C9H12ClNO3. The largest absolute Gasteiger partial charge is 0.467 e. The summed E-state index contributed by atoms with van der Waals surface area (Å²) in [6.45, 7) is 3.58. The highest BCUT2D eigenvalue weighted by Gasteiger charge is 2.23. The third kappa shape index (κ3) is 1.76. The van der Waals surface area contributed by atoms with Crippen LogP contribution < -0.4 is 5.32 Å². The molecule has 14 heavy (non-hydrogen) atoms. The molecule has 1 aromatic rings. The Bertz CT molecular complexity index is 335.